The Hall–Kier alpha value is -3.38. The lowest BCUT2D eigenvalue weighted by molar-refractivity contribution is -0.141. The number of carboxylic acid groups (broad SMARTS) is 3. The summed E-state index contributed by atoms with van der Waals surface area (Å²) in [5, 5.41) is 37.0. The van der Waals surface area contributed by atoms with Gasteiger partial charge in [-0.15, -0.1) is 0 Å². The summed E-state index contributed by atoms with van der Waals surface area (Å²) in [5.74, 6) is -3.97. The van der Waals surface area contributed by atoms with Crippen molar-refractivity contribution in [3.8, 4) is 0 Å². The molecule has 0 bridgehead atoms. The van der Waals surface area contributed by atoms with Gasteiger partial charge in [-0.2, -0.15) is 0 Å². The Labute approximate surface area is 229 Å². The molecule has 13 nitrogen and oxygen atoms in total. The summed E-state index contributed by atoms with van der Waals surface area (Å²) in [5.41, 5.74) is 0. The number of nitrogens with one attached hydrogen (secondary N) is 4. The first kappa shape index (κ1) is 35.6. The van der Waals surface area contributed by atoms with Gasteiger partial charge >= 0.3 is 23.9 Å². The van der Waals surface area contributed by atoms with Crippen LogP contribution in [0.25, 0.3) is 0 Å². The normalized spacial score (nSPS) is 12.1. The summed E-state index contributed by atoms with van der Waals surface area (Å²) in [7, 11) is 0. The van der Waals surface area contributed by atoms with Crippen LogP contribution in [-0.4, -0.2) is 76.2 Å². The lowest BCUT2D eigenvalue weighted by atomic mass is 10.1. The van der Waals surface area contributed by atoms with Crippen molar-refractivity contribution in [3.63, 3.8) is 0 Å². The summed E-state index contributed by atoms with van der Waals surface area (Å²) in [6, 6.07) is -3.75. The van der Waals surface area contributed by atoms with Crippen molar-refractivity contribution in [1.82, 2.24) is 21.3 Å². The maximum Gasteiger partial charge on any atom is 0.326 e. The predicted molar refractivity (Wildman–Crippen MR) is 143 cm³/mol. The molecule has 0 aromatic rings. The molecule has 0 spiro atoms. The zero-order valence-corrected chi connectivity index (χ0v) is 23.0. The van der Waals surface area contributed by atoms with Crippen LogP contribution in [0, 0.1) is 0 Å². The number of urea groups is 1. The highest BCUT2D eigenvalue weighted by Gasteiger charge is 2.24. The lowest BCUT2D eigenvalue weighted by Gasteiger charge is -2.18. The molecule has 39 heavy (non-hydrogen) atoms. The number of rotatable bonds is 24. The molecule has 0 radical (unpaired) electrons. The maximum atomic E-state index is 12.0. The smallest absolute Gasteiger partial charge is 0.326 e. The molecule has 7 N–H and O–H groups in total. The van der Waals surface area contributed by atoms with Crippen molar-refractivity contribution in [3.05, 3.63) is 0 Å². The number of carboxylic acids is 3. The number of hydrogen-bond acceptors (Lipinski definition) is 6. The van der Waals surface area contributed by atoms with Crippen molar-refractivity contribution >= 4 is 35.8 Å². The summed E-state index contributed by atoms with van der Waals surface area (Å²) in [6.45, 7) is 3.23. The first-order chi connectivity index (χ1) is 18.6. The van der Waals surface area contributed by atoms with Crippen molar-refractivity contribution < 1.29 is 44.1 Å². The monoisotopic (exact) mass is 558 g/mol. The summed E-state index contributed by atoms with van der Waals surface area (Å²) < 4.78 is 0. The van der Waals surface area contributed by atoms with Gasteiger partial charge in [0, 0.05) is 32.4 Å². The van der Waals surface area contributed by atoms with Gasteiger partial charge in [-0.05, 0) is 44.9 Å². The standard InChI is InChI=1S/C26H46N4O9/c1-2-3-4-10-17-27-21(31)13-7-5-6-8-14-22(32)28-18-11-9-12-19(24(35)36)29-26(39)30-20(25(37)38)15-16-23(33)34/h19-20H,2-18H2,1H3,(H,27,31)(H,28,32)(H,33,34)(H,35,36)(H,37,38)(H2,29,30,39). The Morgan fingerprint density at radius 2 is 1.03 bits per heavy atom. The first-order valence-electron chi connectivity index (χ1n) is 13.8. The molecule has 0 saturated carbocycles. The Balaban J connectivity index is 3.97. The van der Waals surface area contributed by atoms with E-state index in [1.165, 1.54) is 6.42 Å². The summed E-state index contributed by atoms with van der Waals surface area (Å²) >= 11 is 0. The Morgan fingerprint density at radius 1 is 0.564 bits per heavy atom. The van der Waals surface area contributed by atoms with Crippen molar-refractivity contribution in [2.45, 2.75) is 115 Å². The Kier molecular flexibility index (Phi) is 20.6. The fraction of sp³-hybridized carbons (Fsp3) is 0.769. The van der Waals surface area contributed by atoms with Gasteiger partial charge in [-0.1, -0.05) is 39.0 Å². The highest BCUT2D eigenvalue weighted by Crippen LogP contribution is 2.07. The zero-order chi connectivity index (χ0) is 29.5. The summed E-state index contributed by atoms with van der Waals surface area (Å²) in [6.07, 6.45) is 8.73. The van der Waals surface area contributed by atoms with E-state index in [9.17, 15) is 33.9 Å². The van der Waals surface area contributed by atoms with E-state index >= 15 is 0 Å². The van der Waals surface area contributed by atoms with E-state index in [0.717, 1.165) is 45.1 Å². The number of aliphatic carboxylic acids is 3. The van der Waals surface area contributed by atoms with Crippen LogP contribution in [0.4, 0.5) is 4.79 Å². The van der Waals surface area contributed by atoms with Crippen molar-refractivity contribution in [2.24, 2.45) is 0 Å². The van der Waals surface area contributed by atoms with Crippen LogP contribution < -0.4 is 21.3 Å². The van der Waals surface area contributed by atoms with Gasteiger partial charge in [-0.25, -0.2) is 14.4 Å². The predicted octanol–water partition coefficient (Wildman–Crippen LogP) is 2.38. The molecule has 0 saturated heterocycles. The van der Waals surface area contributed by atoms with Crippen LogP contribution >= 0.6 is 0 Å². The zero-order valence-electron chi connectivity index (χ0n) is 23.0. The molecule has 0 aromatic carbocycles. The van der Waals surface area contributed by atoms with E-state index in [-0.39, 0.29) is 24.7 Å². The molecule has 224 valence electrons. The quantitative estimate of drug-likeness (QED) is 0.0865. The van der Waals surface area contributed by atoms with E-state index in [2.05, 4.69) is 28.2 Å². The van der Waals surface area contributed by atoms with E-state index in [0.29, 0.717) is 38.6 Å². The van der Waals surface area contributed by atoms with E-state index in [4.69, 9.17) is 10.2 Å². The second-order valence-electron chi connectivity index (χ2n) is 9.50. The van der Waals surface area contributed by atoms with Crippen LogP contribution in [-0.2, 0) is 24.0 Å². The molecule has 0 aliphatic carbocycles. The molecule has 0 fully saturated rings. The number of carbonyl (C=O) groups excluding carboxylic acids is 3. The average Bonchev–Trinajstić information content (AvgIpc) is 2.87. The van der Waals surface area contributed by atoms with Gasteiger partial charge in [0.1, 0.15) is 12.1 Å². The molecular weight excluding hydrogens is 512 g/mol. The minimum atomic E-state index is -1.46. The molecule has 0 rings (SSSR count). The molecule has 2 atom stereocenters. The highest BCUT2D eigenvalue weighted by molar-refractivity contribution is 5.86. The third-order valence-corrected chi connectivity index (χ3v) is 6.01. The third-order valence-electron chi connectivity index (χ3n) is 6.01. The van der Waals surface area contributed by atoms with Gasteiger partial charge < -0.3 is 36.6 Å². The van der Waals surface area contributed by atoms with Gasteiger partial charge in [0.15, 0.2) is 0 Å². The molecule has 2 unspecified atom stereocenters. The average molecular weight is 559 g/mol. The molecule has 4 amide bonds. The van der Waals surface area contributed by atoms with Crippen LogP contribution in [0.5, 0.6) is 0 Å². The Morgan fingerprint density at radius 3 is 1.49 bits per heavy atom. The fourth-order valence-corrected chi connectivity index (χ4v) is 3.72. The SMILES string of the molecule is CCCCCCNC(=O)CCCCCCC(=O)NCCCCC(NC(=O)NC(CCC(=O)O)C(=O)O)C(=O)O. The number of hydrogen-bond donors (Lipinski definition) is 7. The van der Waals surface area contributed by atoms with E-state index in [1.54, 1.807) is 0 Å². The molecule has 0 aromatic heterocycles. The lowest BCUT2D eigenvalue weighted by Crippen LogP contribution is -2.51. The number of amides is 4. The van der Waals surface area contributed by atoms with Gasteiger partial charge in [-0.3, -0.25) is 14.4 Å². The van der Waals surface area contributed by atoms with Crippen molar-refractivity contribution in [2.75, 3.05) is 13.1 Å². The fourth-order valence-electron chi connectivity index (χ4n) is 3.72. The van der Waals surface area contributed by atoms with Crippen molar-refractivity contribution in [1.29, 1.82) is 0 Å². The second kappa shape index (κ2) is 22.6. The second-order valence-corrected chi connectivity index (χ2v) is 9.50. The molecule has 0 aliphatic heterocycles. The van der Waals surface area contributed by atoms with E-state index in [1.807, 2.05) is 0 Å². The van der Waals surface area contributed by atoms with Gasteiger partial charge in [0.05, 0.1) is 0 Å². The topological polar surface area (TPSA) is 211 Å². The molecular formula is C26H46N4O9. The molecule has 0 aliphatic rings. The van der Waals surface area contributed by atoms with Gasteiger partial charge in [0.2, 0.25) is 11.8 Å². The third kappa shape index (κ3) is 21.3. The van der Waals surface area contributed by atoms with Gasteiger partial charge in [0.25, 0.3) is 0 Å². The first-order valence-corrected chi connectivity index (χ1v) is 13.8. The minimum Gasteiger partial charge on any atom is -0.481 e. The maximum absolute atomic E-state index is 12.0. The van der Waals surface area contributed by atoms with Crippen LogP contribution in [0.15, 0.2) is 0 Å². The van der Waals surface area contributed by atoms with Crippen LogP contribution in [0.2, 0.25) is 0 Å². The minimum absolute atomic E-state index is 0.0673. The number of unbranched alkanes of at least 4 members (excludes halogenated alkanes) is 7. The molecule has 0 heterocycles. The van der Waals surface area contributed by atoms with Crippen LogP contribution in [0.3, 0.4) is 0 Å². The number of carbonyl (C=O) groups is 6. The highest BCUT2D eigenvalue weighted by atomic mass is 16.4. The van der Waals surface area contributed by atoms with Crippen LogP contribution in [0.1, 0.15) is 103 Å². The summed E-state index contributed by atoms with van der Waals surface area (Å²) in [4.78, 5) is 68.9. The molecule has 13 heteroatoms. The Bertz CT molecular complexity index is 777. The largest absolute Gasteiger partial charge is 0.481 e. The van der Waals surface area contributed by atoms with E-state index < -0.39 is 42.4 Å².